The monoisotopic (exact) mass is 255 g/mol. The summed E-state index contributed by atoms with van der Waals surface area (Å²) in [7, 11) is 0. The number of benzene rings is 1. The van der Waals surface area contributed by atoms with Crippen molar-refractivity contribution in [3.8, 4) is 5.75 Å². The molecule has 90 valence electrons. The number of ether oxygens (including phenoxy) is 1. The van der Waals surface area contributed by atoms with Crippen LogP contribution in [0.1, 0.15) is 11.3 Å². The maximum atomic E-state index is 12.9. The molecule has 0 saturated heterocycles. The molecule has 0 fully saturated rings. The van der Waals surface area contributed by atoms with Crippen LogP contribution in [0, 0.1) is 5.82 Å². The molecule has 5 heteroatoms. The van der Waals surface area contributed by atoms with Crippen molar-refractivity contribution < 1.29 is 13.5 Å². The molecule has 0 spiro atoms. The minimum atomic E-state index is -0.470. The quantitative estimate of drug-likeness (QED) is 0.913. The molecule has 1 aromatic carbocycles. The molecular formula is C12H11ClFNO2. The Kier molecular flexibility index (Phi) is 3.66. The molecule has 0 aliphatic carbocycles. The highest BCUT2D eigenvalue weighted by atomic mass is 35.5. The molecule has 1 aromatic heterocycles. The number of hydrogen-bond donors (Lipinski definition) is 1. The van der Waals surface area contributed by atoms with Crippen molar-refractivity contribution >= 4 is 11.6 Å². The molecule has 2 rings (SSSR count). The molecule has 17 heavy (non-hydrogen) atoms. The van der Waals surface area contributed by atoms with Gasteiger partial charge in [-0.1, -0.05) is 11.6 Å². The summed E-state index contributed by atoms with van der Waals surface area (Å²) in [6.45, 7) is 0.674. The van der Waals surface area contributed by atoms with Gasteiger partial charge in [0.15, 0.2) is 0 Å². The fourth-order valence-corrected chi connectivity index (χ4v) is 1.50. The fourth-order valence-electron chi connectivity index (χ4n) is 1.33. The van der Waals surface area contributed by atoms with Crippen LogP contribution in [0.4, 0.5) is 4.39 Å². The normalized spacial score (nSPS) is 10.5. The Morgan fingerprint density at radius 1 is 1.35 bits per heavy atom. The highest BCUT2D eigenvalue weighted by Gasteiger charge is 2.04. The third-order valence-electron chi connectivity index (χ3n) is 2.22. The van der Waals surface area contributed by atoms with Gasteiger partial charge in [-0.05, 0) is 18.2 Å². The van der Waals surface area contributed by atoms with Crippen molar-refractivity contribution in [1.29, 1.82) is 0 Å². The van der Waals surface area contributed by atoms with Crippen LogP contribution in [0.15, 0.2) is 34.9 Å². The van der Waals surface area contributed by atoms with Gasteiger partial charge >= 0.3 is 0 Å². The molecule has 1 heterocycles. The number of hydrogen-bond acceptors (Lipinski definition) is 3. The van der Waals surface area contributed by atoms with Crippen molar-refractivity contribution in [2.75, 3.05) is 0 Å². The average Bonchev–Trinajstić information content (AvgIpc) is 2.79. The Bertz CT molecular complexity index is 513. The molecule has 3 nitrogen and oxygen atoms in total. The highest BCUT2D eigenvalue weighted by molar-refractivity contribution is 6.30. The first kappa shape index (κ1) is 12.0. The van der Waals surface area contributed by atoms with Crippen LogP contribution in [0.25, 0.3) is 0 Å². The lowest BCUT2D eigenvalue weighted by Crippen LogP contribution is -1.95. The molecule has 0 aliphatic heterocycles. The smallest absolute Gasteiger partial charge is 0.146 e. The van der Waals surface area contributed by atoms with Crippen LogP contribution in [0.5, 0.6) is 5.75 Å². The number of rotatable bonds is 4. The first-order chi connectivity index (χ1) is 8.19. The van der Waals surface area contributed by atoms with Gasteiger partial charge in [-0.15, -0.1) is 0 Å². The zero-order valence-electron chi connectivity index (χ0n) is 8.95. The molecule has 0 saturated carbocycles. The molecule has 0 unspecified atom stereocenters. The third-order valence-corrected chi connectivity index (χ3v) is 2.51. The summed E-state index contributed by atoms with van der Waals surface area (Å²) in [6, 6.07) is 5.99. The van der Waals surface area contributed by atoms with Crippen LogP contribution in [0.2, 0.25) is 5.02 Å². The van der Waals surface area contributed by atoms with Crippen LogP contribution in [0.3, 0.4) is 0 Å². The fraction of sp³-hybridized carbons (Fsp3) is 0.167. The molecule has 2 aromatic rings. The minimum Gasteiger partial charge on any atom is -0.486 e. The molecule has 0 aliphatic rings. The van der Waals surface area contributed by atoms with Gasteiger partial charge < -0.3 is 14.9 Å². The van der Waals surface area contributed by atoms with Gasteiger partial charge in [-0.2, -0.15) is 0 Å². The van der Waals surface area contributed by atoms with Gasteiger partial charge in [0.1, 0.15) is 23.9 Å². The van der Waals surface area contributed by atoms with E-state index in [1.807, 2.05) is 6.07 Å². The molecule has 0 radical (unpaired) electrons. The Balaban J connectivity index is 1.99. The SMILES string of the molecule is NCc1coc(COc2ccc(F)c(Cl)c2)c1. The summed E-state index contributed by atoms with van der Waals surface area (Å²) >= 11 is 5.63. The van der Waals surface area contributed by atoms with E-state index in [1.54, 1.807) is 6.26 Å². The Hall–Kier alpha value is -1.52. The van der Waals surface area contributed by atoms with E-state index in [0.717, 1.165) is 5.56 Å². The van der Waals surface area contributed by atoms with Gasteiger partial charge in [0.2, 0.25) is 0 Å². The van der Waals surface area contributed by atoms with Crippen molar-refractivity contribution in [3.05, 3.63) is 52.7 Å². The second-order valence-electron chi connectivity index (χ2n) is 3.49. The van der Waals surface area contributed by atoms with E-state index in [0.29, 0.717) is 18.1 Å². The maximum Gasteiger partial charge on any atom is 0.146 e. The Morgan fingerprint density at radius 2 is 2.18 bits per heavy atom. The summed E-state index contributed by atoms with van der Waals surface area (Å²) in [5.74, 6) is 0.676. The molecule has 0 atom stereocenters. The topological polar surface area (TPSA) is 48.4 Å². The zero-order valence-corrected chi connectivity index (χ0v) is 9.71. The Labute approximate surface area is 103 Å². The van der Waals surface area contributed by atoms with E-state index < -0.39 is 5.82 Å². The van der Waals surface area contributed by atoms with Gasteiger partial charge in [-0.3, -0.25) is 0 Å². The van der Waals surface area contributed by atoms with Crippen LogP contribution >= 0.6 is 11.6 Å². The van der Waals surface area contributed by atoms with E-state index in [1.165, 1.54) is 18.2 Å². The minimum absolute atomic E-state index is 0.0320. The second-order valence-corrected chi connectivity index (χ2v) is 3.90. The summed E-state index contributed by atoms with van der Waals surface area (Å²) < 4.78 is 23.5. The summed E-state index contributed by atoms with van der Waals surface area (Å²) in [5.41, 5.74) is 6.35. The van der Waals surface area contributed by atoms with Crippen molar-refractivity contribution in [2.45, 2.75) is 13.2 Å². The largest absolute Gasteiger partial charge is 0.486 e. The first-order valence-corrected chi connectivity index (χ1v) is 5.41. The number of furan rings is 1. The van der Waals surface area contributed by atoms with Crippen molar-refractivity contribution in [2.24, 2.45) is 5.73 Å². The van der Waals surface area contributed by atoms with Crippen LogP contribution in [-0.2, 0) is 13.2 Å². The van der Waals surface area contributed by atoms with E-state index in [9.17, 15) is 4.39 Å². The molecule has 0 bridgehead atoms. The molecular weight excluding hydrogens is 245 g/mol. The standard InChI is InChI=1S/C12H11ClFNO2/c13-11-4-9(1-2-12(11)14)17-7-10-3-8(5-15)6-16-10/h1-4,6H,5,7,15H2. The van der Waals surface area contributed by atoms with Crippen LogP contribution in [-0.4, -0.2) is 0 Å². The lowest BCUT2D eigenvalue weighted by atomic mass is 10.3. The van der Waals surface area contributed by atoms with Gasteiger partial charge in [0.05, 0.1) is 11.3 Å². The van der Waals surface area contributed by atoms with E-state index >= 15 is 0 Å². The van der Waals surface area contributed by atoms with Crippen molar-refractivity contribution in [3.63, 3.8) is 0 Å². The summed E-state index contributed by atoms with van der Waals surface area (Å²) in [4.78, 5) is 0. The van der Waals surface area contributed by atoms with Crippen LogP contribution < -0.4 is 10.5 Å². The van der Waals surface area contributed by atoms with Gasteiger partial charge in [-0.25, -0.2) is 4.39 Å². The van der Waals surface area contributed by atoms with Crippen molar-refractivity contribution in [1.82, 2.24) is 0 Å². The number of halogens is 2. The molecule has 0 amide bonds. The van der Waals surface area contributed by atoms with E-state index in [2.05, 4.69) is 0 Å². The lowest BCUT2D eigenvalue weighted by Gasteiger charge is -2.04. The predicted molar refractivity (Wildman–Crippen MR) is 62.3 cm³/mol. The van der Waals surface area contributed by atoms with E-state index in [4.69, 9.17) is 26.5 Å². The van der Waals surface area contributed by atoms with E-state index in [-0.39, 0.29) is 11.6 Å². The lowest BCUT2D eigenvalue weighted by molar-refractivity contribution is 0.270. The number of nitrogens with two attached hydrogens (primary N) is 1. The van der Waals surface area contributed by atoms with Gasteiger partial charge in [0, 0.05) is 18.2 Å². The molecule has 2 N–H and O–H groups in total. The second kappa shape index (κ2) is 5.21. The van der Waals surface area contributed by atoms with Gasteiger partial charge in [0.25, 0.3) is 0 Å². The average molecular weight is 256 g/mol. The highest BCUT2D eigenvalue weighted by Crippen LogP contribution is 2.22. The predicted octanol–water partition coefficient (Wildman–Crippen LogP) is 3.11. The first-order valence-electron chi connectivity index (χ1n) is 5.03. The Morgan fingerprint density at radius 3 is 2.82 bits per heavy atom. The third kappa shape index (κ3) is 2.99. The summed E-state index contributed by atoms with van der Waals surface area (Å²) in [5, 5.41) is 0.0320. The summed E-state index contributed by atoms with van der Waals surface area (Å²) in [6.07, 6.45) is 1.58. The maximum absolute atomic E-state index is 12.9. The zero-order chi connectivity index (χ0) is 12.3.